The smallest absolute Gasteiger partial charge is 0.407 e. The van der Waals surface area contributed by atoms with E-state index >= 15 is 0 Å². The number of hydrazine groups is 1. The van der Waals surface area contributed by atoms with Crippen LogP contribution < -0.4 is 21.4 Å². The van der Waals surface area contributed by atoms with E-state index in [9.17, 15) is 24.3 Å². The number of benzene rings is 2. The predicted octanol–water partition coefficient (Wildman–Crippen LogP) is 5.28. The van der Waals surface area contributed by atoms with E-state index in [1.54, 1.807) is 29.6 Å². The van der Waals surface area contributed by atoms with Crippen LogP contribution in [-0.2, 0) is 38.5 Å². The number of methoxy groups -OCH3 is 1. The van der Waals surface area contributed by atoms with Crippen LogP contribution in [-0.4, -0.2) is 76.8 Å². The topological polar surface area (TPSA) is 162 Å². The van der Waals surface area contributed by atoms with Crippen molar-refractivity contribution < 1.29 is 29.0 Å². The van der Waals surface area contributed by atoms with Crippen LogP contribution in [0, 0.1) is 11.3 Å². The summed E-state index contributed by atoms with van der Waals surface area (Å²) in [5, 5.41) is 22.1. The summed E-state index contributed by atoms with van der Waals surface area (Å²) in [4.78, 5) is 57.2. The first-order valence-corrected chi connectivity index (χ1v) is 18.6. The zero-order valence-corrected chi connectivity index (χ0v) is 33.1. The largest absolute Gasteiger partial charge is 0.453 e. The van der Waals surface area contributed by atoms with Crippen LogP contribution in [0.4, 0.5) is 4.79 Å². The molecule has 0 saturated heterocycles. The summed E-state index contributed by atoms with van der Waals surface area (Å²) in [6, 6.07) is 17.5. The fourth-order valence-electron chi connectivity index (χ4n) is 6.05. The van der Waals surface area contributed by atoms with Gasteiger partial charge in [0.2, 0.25) is 5.91 Å². The molecule has 0 aliphatic carbocycles. The van der Waals surface area contributed by atoms with E-state index in [4.69, 9.17) is 4.74 Å². The SMILES string of the molecule is C=CCNC(=O)[C@@H](NC(=O)[C@@](O)(CCCN(Cc1ccc(-c2ccncc2)cc1)NC(=O)[C@@H](NC(=O)OC)C(C)(C)C)Cc1ccc(CC=C)cc1)C(C)C. The number of alkyl carbamates (subject to hydrolysis) is 1. The Hall–Kier alpha value is -5.33. The average Bonchev–Trinajstić information content (AvgIpc) is 3.15. The standard InChI is InChI=1S/C43H58N6O6/c1-9-12-31-13-15-32(16-14-31)28-43(54,40(52)46-36(30(3)4)38(50)45-24-10-2)23-11-27-49(48-39(51)37(42(5,6)7)47-41(53)55-8)29-33-17-19-34(20-18-33)35-21-25-44-26-22-35/h9-10,13-22,25-26,30,36-37,54H,1-2,11-12,23-24,27-29H2,3-8H3,(H,45,50)(H,46,52)(H,47,53)(H,48,51)/t36-,37+,43+/m0/s1. The van der Waals surface area contributed by atoms with Gasteiger partial charge < -0.3 is 25.8 Å². The Morgan fingerprint density at radius 3 is 2.02 bits per heavy atom. The zero-order chi connectivity index (χ0) is 40.6. The van der Waals surface area contributed by atoms with Crippen molar-refractivity contribution in [1.29, 1.82) is 0 Å². The van der Waals surface area contributed by atoms with Crippen molar-refractivity contribution in [2.45, 2.75) is 84.5 Å². The van der Waals surface area contributed by atoms with E-state index in [0.717, 1.165) is 27.8 Å². The first-order chi connectivity index (χ1) is 26.1. The number of carbonyl (C=O) groups is 4. The molecule has 12 heteroatoms. The van der Waals surface area contributed by atoms with Crippen LogP contribution in [0.3, 0.4) is 0 Å². The van der Waals surface area contributed by atoms with Crippen molar-refractivity contribution in [1.82, 2.24) is 31.4 Å². The lowest BCUT2D eigenvalue weighted by molar-refractivity contribution is -0.144. The highest BCUT2D eigenvalue weighted by Gasteiger charge is 2.39. The summed E-state index contributed by atoms with van der Waals surface area (Å²) in [7, 11) is 1.24. The van der Waals surface area contributed by atoms with Crippen LogP contribution in [0.15, 0.2) is 98.4 Å². The number of hydrogen-bond donors (Lipinski definition) is 5. The maximum atomic E-state index is 14.0. The molecule has 0 aliphatic rings. The third kappa shape index (κ3) is 13.8. The Kier molecular flexibility index (Phi) is 16.8. The number of hydrogen-bond acceptors (Lipinski definition) is 8. The molecule has 0 radical (unpaired) electrons. The molecule has 12 nitrogen and oxygen atoms in total. The molecule has 5 N–H and O–H groups in total. The third-order valence-corrected chi connectivity index (χ3v) is 9.18. The van der Waals surface area contributed by atoms with Crippen molar-refractivity contribution in [3.63, 3.8) is 0 Å². The van der Waals surface area contributed by atoms with Gasteiger partial charge >= 0.3 is 6.09 Å². The monoisotopic (exact) mass is 754 g/mol. The van der Waals surface area contributed by atoms with Gasteiger partial charge in [0.25, 0.3) is 11.8 Å². The summed E-state index contributed by atoms with van der Waals surface area (Å²) in [6.45, 7) is 17.3. The van der Waals surface area contributed by atoms with E-state index < -0.39 is 41.0 Å². The second-order valence-corrected chi connectivity index (χ2v) is 15.1. The fourth-order valence-corrected chi connectivity index (χ4v) is 6.05. The number of allylic oxidation sites excluding steroid dienone is 1. The first-order valence-electron chi connectivity index (χ1n) is 18.6. The number of ether oxygens (including phenoxy) is 1. The summed E-state index contributed by atoms with van der Waals surface area (Å²) >= 11 is 0. The van der Waals surface area contributed by atoms with Crippen LogP contribution in [0.5, 0.6) is 0 Å². The lowest BCUT2D eigenvalue weighted by Crippen LogP contribution is -2.58. The molecule has 2 aromatic carbocycles. The molecule has 55 heavy (non-hydrogen) atoms. The lowest BCUT2D eigenvalue weighted by atomic mass is 9.86. The van der Waals surface area contributed by atoms with Crippen LogP contribution in [0.25, 0.3) is 11.1 Å². The van der Waals surface area contributed by atoms with Gasteiger partial charge in [-0.2, -0.15) is 0 Å². The van der Waals surface area contributed by atoms with Crippen LogP contribution in [0.1, 0.15) is 64.2 Å². The Bertz CT molecular complexity index is 1720. The zero-order valence-electron chi connectivity index (χ0n) is 33.1. The molecule has 0 unspecified atom stereocenters. The van der Waals surface area contributed by atoms with Gasteiger partial charge in [0, 0.05) is 38.4 Å². The van der Waals surface area contributed by atoms with Gasteiger partial charge in [0.1, 0.15) is 17.7 Å². The van der Waals surface area contributed by atoms with Crippen molar-refractivity contribution in [3.05, 3.63) is 115 Å². The molecule has 3 rings (SSSR count). The summed E-state index contributed by atoms with van der Waals surface area (Å²) in [6.07, 6.45) is 7.03. The van der Waals surface area contributed by atoms with E-state index in [0.29, 0.717) is 6.42 Å². The molecular formula is C43H58N6O6. The van der Waals surface area contributed by atoms with Gasteiger partial charge in [-0.25, -0.2) is 9.80 Å². The highest BCUT2D eigenvalue weighted by Crippen LogP contribution is 2.24. The highest BCUT2D eigenvalue weighted by atomic mass is 16.5. The third-order valence-electron chi connectivity index (χ3n) is 9.18. The Morgan fingerprint density at radius 2 is 1.45 bits per heavy atom. The second-order valence-electron chi connectivity index (χ2n) is 15.1. The molecule has 296 valence electrons. The predicted molar refractivity (Wildman–Crippen MR) is 215 cm³/mol. The van der Waals surface area contributed by atoms with E-state index in [1.807, 2.05) is 95.3 Å². The van der Waals surface area contributed by atoms with Crippen molar-refractivity contribution in [3.8, 4) is 11.1 Å². The van der Waals surface area contributed by atoms with Crippen LogP contribution in [0.2, 0.25) is 0 Å². The summed E-state index contributed by atoms with van der Waals surface area (Å²) in [5.41, 5.74) is 5.09. The van der Waals surface area contributed by atoms with Crippen LogP contribution >= 0.6 is 0 Å². The molecular weight excluding hydrogens is 697 g/mol. The van der Waals surface area contributed by atoms with Gasteiger partial charge in [-0.1, -0.05) is 95.3 Å². The highest BCUT2D eigenvalue weighted by molar-refractivity contribution is 5.91. The summed E-state index contributed by atoms with van der Waals surface area (Å²) < 4.78 is 4.80. The number of amides is 4. The van der Waals surface area contributed by atoms with Gasteiger partial charge in [-0.15, -0.1) is 13.2 Å². The Balaban J connectivity index is 1.91. The van der Waals surface area contributed by atoms with Gasteiger partial charge in [0.05, 0.1) is 7.11 Å². The molecule has 0 aliphatic heterocycles. The minimum atomic E-state index is -1.91. The molecule has 0 saturated carbocycles. The molecule has 0 spiro atoms. The van der Waals surface area contributed by atoms with Crippen molar-refractivity contribution >= 4 is 23.8 Å². The van der Waals surface area contributed by atoms with Crippen molar-refractivity contribution in [2.75, 3.05) is 20.2 Å². The maximum Gasteiger partial charge on any atom is 0.407 e. The number of pyridine rings is 1. The number of carbonyl (C=O) groups excluding carboxylic acids is 4. The number of nitrogens with one attached hydrogen (secondary N) is 4. The molecule has 3 atom stereocenters. The maximum absolute atomic E-state index is 14.0. The average molecular weight is 755 g/mol. The fraction of sp³-hybridized carbons (Fsp3) is 0.419. The molecule has 1 heterocycles. The number of aromatic nitrogens is 1. The van der Waals surface area contributed by atoms with Gasteiger partial charge in [-0.05, 0) is 70.5 Å². The molecule has 1 aromatic heterocycles. The first kappa shape index (κ1) is 44.1. The molecule has 0 fully saturated rings. The number of nitrogens with zero attached hydrogens (tertiary/aromatic N) is 2. The van der Waals surface area contributed by atoms with E-state index in [1.165, 1.54) is 7.11 Å². The normalized spacial score (nSPS) is 13.5. The van der Waals surface area contributed by atoms with E-state index in [-0.39, 0.29) is 50.7 Å². The minimum Gasteiger partial charge on any atom is -0.453 e. The Labute approximate surface area is 325 Å². The Morgan fingerprint density at radius 1 is 0.855 bits per heavy atom. The lowest BCUT2D eigenvalue weighted by Gasteiger charge is -2.34. The summed E-state index contributed by atoms with van der Waals surface area (Å²) in [5.74, 6) is -1.77. The van der Waals surface area contributed by atoms with Gasteiger partial charge in [-0.3, -0.25) is 24.8 Å². The number of rotatable bonds is 20. The van der Waals surface area contributed by atoms with Gasteiger partial charge in [0.15, 0.2) is 0 Å². The number of aliphatic hydroxyl groups is 1. The van der Waals surface area contributed by atoms with Crippen molar-refractivity contribution in [2.24, 2.45) is 11.3 Å². The second kappa shape index (κ2) is 20.9. The minimum absolute atomic E-state index is 0.00277. The molecule has 4 amide bonds. The molecule has 3 aromatic rings. The molecule has 0 bridgehead atoms. The quantitative estimate of drug-likeness (QED) is 0.0770. The van der Waals surface area contributed by atoms with E-state index in [2.05, 4.69) is 39.5 Å².